The van der Waals surface area contributed by atoms with Gasteiger partial charge in [-0.1, -0.05) is 25.4 Å². The predicted molar refractivity (Wildman–Crippen MR) is 72.5 cm³/mol. The third-order valence-corrected chi connectivity index (χ3v) is 2.99. The van der Waals surface area contributed by atoms with E-state index in [0.29, 0.717) is 16.0 Å². The van der Waals surface area contributed by atoms with Crippen LogP contribution in [0.3, 0.4) is 0 Å². The Hall–Kier alpha value is -1.65. The molecule has 0 saturated carbocycles. The van der Waals surface area contributed by atoms with Crippen molar-refractivity contribution in [2.45, 2.75) is 19.8 Å². The predicted octanol–water partition coefficient (Wildman–Crippen LogP) is 2.62. The Bertz CT molecular complexity index is 610. The third-order valence-electron chi connectivity index (χ3n) is 2.76. The number of hydrogen-bond acceptors (Lipinski definition) is 3. The zero-order valence-electron chi connectivity index (χ0n) is 10.2. The van der Waals surface area contributed by atoms with E-state index in [1.807, 2.05) is 13.8 Å². The van der Waals surface area contributed by atoms with Gasteiger partial charge in [0.1, 0.15) is 0 Å². The quantitative estimate of drug-likeness (QED) is 0.497. The van der Waals surface area contributed by atoms with E-state index in [-0.39, 0.29) is 11.8 Å². The lowest BCUT2D eigenvalue weighted by Crippen LogP contribution is -2.30. The summed E-state index contributed by atoms with van der Waals surface area (Å²) in [5.74, 6) is 5.10. The first-order chi connectivity index (χ1) is 8.52. The minimum Gasteiger partial charge on any atom is -0.290 e. The number of aromatic nitrogens is 1. The molecule has 0 aliphatic rings. The summed E-state index contributed by atoms with van der Waals surface area (Å²) in [4.78, 5) is 16.3. The normalized spacial score (nSPS) is 10.9. The van der Waals surface area contributed by atoms with Crippen LogP contribution in [0.2, 0.25) is 5.02 Å². The second-order valence-corrected chi connectivity index (χ2v) is 4.82. The van der Waals surface area contributed by atoms with E-state index in [1.165, 1.54) is 0 Å². The van der Waals surface area contributed by atoms with Crippen LogP contribution in [-0.4, -0.2) is 10.9 Å². The number of rotatable bonds is 2. The van der Waals surface area contributed by atoms with E-state index < -0.39 is 0 Å². The first-order valence-electron chi connectivity index (χ1n) is 5.64. The van der Waals surface area contributed by atoms with Crippen molar-refractivity contribution >= 4 is 28.4 Å². The highest BCUT2D eigenvalue weighted by molar-refractivity contribution is 6.31. The van der Waals surface area contributed by atoms with Gasteiger partial charge in [0.05, 0.1) is 11.1 Å². The number of halogens is 1. The van der Waals surface area contributed by atoms with Crippen LogP contribution in [0.4, 0.5) is 0 Å². The topological polar surface area (TPSA) is 68.0 Å². The van der Waals surface area contributed by atoms with Crippen molar-refractivity contribution in [1.29, 1.82) is 0 Å². The number of benzene rings is 1. The van der Waals surface area contributed by atoms with Crippen LogP contribution in [0.5, 0.6) is 0 Å². The number of nitrogens with one attached hydrogen (secondary N) is 1. The first kappa shape index (κ1) is 12.8. The Morgan fingerprint density at radius 3 is 2.72 bits per heavy atom. The number of fused-ring (bicyclic) bond motifs is 1. The summed E-state index contributed by atoms with van der Waals surface area (Å²) in [7, 11) is 0. The van der Waals surface area contributed by atoms with Crippen LogP contribution >= 0.6 is 11.6 Å². The van der Waals surface area contributed by atoms with E-state index in [2.05, 4.69) is 10.4 Å². The summed E-state index contributed by atoms with van der Waals surface area (Å²) in [6.07, 6.45) is 0. The number of carbonyl (C=O) groups excluding carboxylic acids is 1. The highest BCUT2D eigenvalue weighted by Gasteiger charge is 2.13. The lowest BCUT2D eigenvalue weighted by molar-refractivity contribution is 0.0955. The summed E-state index contributed by atoms with van der Waals surface area (Å²) >= 11 is 5.95. The SMILES string of the molecule is CC(C)c1cc(C(=O)NN)c2cc(Cl)ccc2n1. The Kier molecular flexibility index (Phi) is 3.50. The van der Waals surface area contributed by atoms with Gasteiger partial charge in [-0.25, -0.2) is 5.84 Å². The van der Waals surface area contributed by atoms with Crippen molar-refractivity contribution in [3.63, 3.8) is 0 Å². The molecule has 1 aromatic carbocycles. The Morgan fingerprint density at radius 1 is 1.39 bits per heavy atom. The second kappa shape index (κ2) is 4.92. The largest absolute Gasteiger partial charge is 0.290 e. The molecule has 4 nitrogen and oxygen atoms in total. The van der Waals surface area contributed by atoms with E-state index >= 15 is 0 Å². The molecule has 0 fully saturated rings. The lowest BCUT2D eigenvalue weighted by atomic mass is 10.0. The highest BCUT2D eigenvalue weighted by atomic mass is 35.5. The number of hydrogen-bond donors (Lipinski definition) is 2. The van der Waals surface area contributed by atoms with Gasteiger partial charge in [0.15, 0.2) is 0 Å². The van der Waals surface area contributed by atoms with Gasteiger partial charge in [-0.2, -0.15) is 0 Å². The molecule has 0 radical (unpaired) electrons. The molecule has 3 N–H and O–H groups in total. The molecule has 0 saturated heterocycles. The Morgan fingerprint density at radius 2 is 2.11 bits per heavy atom. The van der Waals surface area contributed by atoms with Crippen LogP contribution in [0.15, 0.2) is 24.3 Å². The zero-order chi connectivity index (χ0) is 13.3. The van der Waals surface area contributed by atoms with Gasteiger partial charge in [0.25, 0.3) is 5.91 Å². The van der Waals surface area contributed by atoms with E-state index in [0.717, 1.165) is 11.2 Å². The lowest BCUT2D eigenvalue weighted by Gasteiger charge is -2.11. The van der Waals surface area contributed by atoms with Gasteiger partial charge in [-0.05, 0) is 30.2 Å². The zero-order valence-corrected chi connectivity index (χ0v) is 11.0. The maximum absolute atomic E-state index is 11.8. The summed E-state index contributed by atoms with van der Waals surface area (Å²) in [5, 5.41) is 1.27. The van der Waals surface area contributed by atoms with Gasteiger partial charge in [0, 0.05) is 16.1 Å². The molecule has 0 aliphatic heterocycles. The minimum atomic E-state index is -0.341. The van der Waals surface area contributed by atoms with Crippen molar-refractivity contribution in [3.05, 3.63) is 40.5 Å². The maximum Gasteiger partial charge on any atom is 0.265 e. The van der Waals surface area contributed by atoms with Crippen LogP contribution in [0, 0.1) is 0 Å². The fourth-order valence-electron chi connectivity index (χ4n) is 1.78. The van der Waals surface area contributed by atoms with Gasteiger partial charge in [-0.15, -0.1) is 0 Å². The molecule has 1 amide bonds. The van der Waals surface area contributed by atoms with E-state index in [1.54, 1.807) is 24.3 Å². The minimum absolute atomic E-state index is 0.231. The summed E-state index contributed by atoms with van der Waals surface area (Å²) in [6, 6.07) is 7.03. The number of nitrogens with two attached hydrogens (primary N) is 1. The number of nitrogen functional groups attached to an aromatic ring is 1. The molecule has 1 heterocycles. The van der Waals surface area contributed by atoms with Crippen molar-refractivity contribution in [1.82, 2.24) is 10.4 Å². The van der Waals surface area contributed by atoms with Crippen LogP contribution in [0.25, 0.3) is 10.9 Å². The number of nitrogens with zero attached hydrogens (tertiary/aromatic N) is 1. The van der Waals surface area contributed by atoms with Crippen molar-refractivity contribution in [2.75, 3.05) is 0 Å². The van der Waals surface area contributed by atoms with Crippen LogP contribution in [0.1, 0.15) is 35.8 Å². The first-order valence-corrected chi connectivity index (χ1v) is 6.02. The van der Waals surface area contributed by atoms with Crippen molar-refractivity contribution in [2.24, 2.45) is 5.84 Å². The van der Waals surface area contributed by atoms with Crippen molar-refractivity contribution < 1.29 is 4.79 Å². The monoisotopic (exact) mass is 263 g/mol. The number of pyridine rings is 1. The molecule has 0 bridgehead atoms. The highest BCUT2D eigenvalue weighted by Crippen LogP contribution is 2.25. The molecule has 1 aromatic heterocycles. The van der Waals surface area contributed by atoms with E-state index in [4.69, 9.17) is 17.4 Å². The van der Waals surface area contributed by atoms with Crippen molar-refractivity contribution in [3.8, 4) is 0 Å². The maximum atomic E-state index is 11.8. The molecule has 18 heavy (non-hydrogen) atoms. The fourth-order valence-corrected chi connectivity index (χ4v) is 1.95. The molecule has 2 aromatic rings. The molecule has 5 heteroatoms. The van der Waals surface area contributed by atoms with E-state index in [9.17, 15) is 4.79 Å². The molecule has 2 rings (SSSR count). The van der Waals surface area contributed by atoms with Crippen LogP contribution < -0.4 is 11.3 Å². The molecule has 94 valence electrons. The molecular formula is C13H14ClN3O. The molecule has 0 spiro atoms. The fraction of sp³-hybridized carbons (Fsp3) is 0.231. The van der Waals surface area contributed by atoms with Gasteiger partial charge >= 0.3 is 0 Å². The van der Waals surface area contributed by atoms with Gasteiger partial charge in [-0.3, -0.25) is 15.2 Å². The molecule has 0 aliphatic carbocycles. The second-order valence-electron chi connectivity index (χ2n) is 4.38. The number of amides is 1. The summed E-state index contributed by atoms with van der Waals surface area (Å²) < 4.78 is 0. The van der Waals surface area contributed by atoms with Gasteiger partial charge < -0.3 is 0 Å². The Balaban J connectivity index is 2.77. The average Bonchev–Trinajstić information content (AvgIpc) is 2.36. The smallest absolute Gasteiger partial charge is 0.265 e. The number of carbonyl (C=O) groups is 1. The van der Waals surface area contributed by atoms with Gasteiger partial charge in [0.2, 0.25) is 0 Å². The summed E-state index contributed by atoms with van der Waals surface area (Å²) in [6.45, 7) is 4.04. The Labute approximate surface area is 110 Å². The number of hydrazine groups is 1. The molecule has 0 unspecified atom stereocenters. The third kappa shape index (κ3) is 2.30. The van der Waals surface area contributed by atoms with Crippen LogP contribution in [-0.2, 0) is 0 Å². The summed E-state index contributed by atoms with van der Waals surface area (Å²) in [5.41, 5.74) is 4.23. The average molecular weight is 264 g/mol. The molecule has 0 atom stereocenters. The molecular weight excluding hydrogens is 250 g/mol. The standard InChI is InChI=1S/C13H14ClN3O/c1-7(2)12-6-10(13(18)17-15)9-5-8(14)3-4-11(9)16-12/h3-7H,15H2,1-2H3,(H,17,18).